The van der Waals surface area contributed by atoms with Gasteiger partial charge in [0, 0.05) is 35.2 Å². The van der Waals surface area contributed by atoms with E-state index in [-0.39, 0.29) is 5.91 Å². The highest BCUT2D eigenvalue weighted by Gasteiger charge is 1.87. The van der Waals surface area contributed by atoms with Gasteiger partial charge >= 0.3 is 0 Å². The lowest BCUT2D eigenvalue weighted by molar-refractivity contribution is -0.126. The van der Waals surface area contributed by atoms with Gasteiger partial charge in [0.2, 0.25) is 5.91 Å². The van der Waals surface area contributed by atoms with Crippen LogP contribution in [0.5, 0.6) is 0 Å². The summed E-state index contributed by atoms with van der Waals surface area (Å²) in [5.74, 6) is 0.0926. The van der Waals surface area contributed by atoms with Gasteiger partial charge in [-0.3, -0.25) is 4.79 Å². The Hall–Kier alpha value is -0.570. The maximum Gasteiger partial charge on any atom is 0.218 e. The molecule has 0 aromatic heterocycles. The highest BCUT2D eigenvalue weighted by molar-refractivity contribution is 5.72. The Balaban J connectivity index is 0. The molecule has 0 spiro atoms. The minimum atomic E-state index is 0.0926. The number of carbonyl (C=O) groups excluding carboxylic acids is 1. The number of methoxy groups -OCH3 is 1. The fourth-order valence-corrected chi connectivity index (χ4v) is 0. The smallest absolute Gasteiger partial charge is 0.218 e. The zero-order chi connectivity index (χ0) is 7.86. The quantitative estimate of drug-likeness (QED) is 0.477. The Labute approximate surface area is 56.6 Å². The van der Waals surface area contributed by atoms with Crippen molar-refractivity contribution in [2.45, 2.75) is 6.92 Å². The topological polar surface area (TPSA) is 29.5 Å². The van der Waals surface area contributed by atoms with Gasteiger partial charge in [-0.15, -0.1) is 0 Å². The van der Waals surface area contributed by atoms with Crippen LogP contribution in [-0.2, 0) is 9.53 Å². The molecule has 0 saturated carbocycles. The monoisotopic (exact) mass is 133 g/mol. The molecule has 0 aliphatic rings. The van der Waals surface area contributed by atoms with Crippen LogP contribution in [0.15, 0.2) is 0 Å². The second kappa shape index (κ2) is 7.43. The molecule has 56 valence electrons. The summed E-state index contributed by atoms with van der Waals surface area (Å²) < 4.78 is 4.25. The van der Waals surface area contributed by atoms with Crippen LogP contribution < -0.4 is 0 Å². The molecule has 0 aliphatic carbocycles. The molecule has 0 saturated heterocycles. The predicted octanol–water partition coefficient (Wildman–Crippen LogP) is 0.357. The zero-order valence-corrected chi connectivity index (χ0v) is 6.76. The van der Waals surface area contributed by atoms with Crippen LogP contribution in [0.25, 0.3) is 0 Å². The van der Waals surface area contributed by atoms with E-state index in [9.17, 15) is 4.79 Å². The Kier molecular flexibility index (Phi) is 9.29. The van der Waals surface area contributed by atoms with Gasteiger partial charge in [0.15, 0.2) is 0 Å². The third-order valence-electron chi connectivity index (χ3n) is 0.630. The lowest BCUT2D eigenvalue weighted by Crippen LogP contribution is -2.17. The largest absolute Gasteiger partial charge is 0.388 e. The summed E-state index contributed by atoms with van der Waals surface area (Å²) in [5.41, 5.74) is 0. The molecule has 1 amide bonds. The van der Waals surface area contributed by atoms with Crippen molar-refractivity contribution in [3.63, 3.8) is 0 Å². The van der Waals surface area contributed by atoms with E-state index in [4.69, 9.17) is 0 Å². The third-order valence-corrected chi connectivity index (χ3v) is 0.630. The van der Waals surface area contributed by atoms with E-state index in [1.165, 1.54) is 11.8 Å². The van der Waals surface area contributed by atoms with Crippen molar-refractivity contribution in [2.24, 2.45) is 0 Å². The van der Waals surface area contributed by atoms with Crippen LogP contribution in [0.4, 0.5) is 0 Å². The maximum atomic E-state index is 10.1. The van der Waals surface area contributed by atoms with Crippen LogP contribution in [0.2, 0.25) is 0 Å². The third kappa shape index (κ3) is 18.6. The fourth-order valence-electron chi connectivity index (χ4n) is 0. The Morgan fingerprint density at radius 1 is 1.33 bits per heavy atom. The van der Waals surface area contributed by atoms with Crippen molar-refractivity contribution in [3.8, 4) is 0 Å². The summed E-state index contributed by atoms with van der Waals surface area (Å²) in [7, 11) is 6.70. The Bertz CT molecular complexity index is 71.5. The van der Waals surface area contributed by atoms with Crippen molar-refractivity contribution < 1.29 is 9.53 Å². The van der Waals surface area contributed by atoms with Gasteiger partial charge in [-0.2, -0.15) is 0 Å². The number of amides is 1. The van der Waals surface area contributed by atoms with Gasteiger partial charge in [-0.05, 0) is 0 Å². The number of hydrogen-bond acceptors (Lipinski definition) is 2. The Morgan fingerprint density at radius 3 is 1.44 bits per heavy atom. The molecule has 0 aromatic rings. The SMILES string of the molecule is CC(=O)N(C)C.COC. The van der Waals surface area contributed by atoms with Crippen LogP contribution in [-0.4, -0.2) is 39.1 Å². The summed E-state index contributed by atoms with van der Waals surface area (Å²) in [4.78, 5) is 11.6. The van der Waals surface area contributed by atoms with E-state index < -0.39 is 0 Å². The van der Waals surface area contributed by atoms with Gasteiger partial charge in [-0.1, -0.05) is 0 Å². The van der Waals surface area contributed by atoms with Crippen LogP contribution >= 0.6 is 0 Å². The highest BCUT2D eigenvalue weighted by atomic mass is 16.4. The zero-order valence-electron chi connectivity index (χ0n) is 6.76. The molecular formula is C6H15NO2. The van der Waals surface area contributed by atoms with E-state index in [1.807, 2.05) is 0 Å². The minimum Gasteiger partial charge on any atom is -0.388 e. The second-order valence-electron chi connectivity index (χ2n) is 1.82. The van der Waals surface area contributed by atoms with Gasteiger partial charge in [0.05, 0.1) is 0 Å². The van der Waals surface area contributed by atoms with Crippen LogP contribution in [0.3, 0.4) is 0 Å². The maximum absolute atomic E-state index is 10.1. The predicted molar refractivity (Wildman–Crippen MR) is 37.3 cm³/mol. The first-order valence-electron chi connectivity index (χ1n) is 2.64. The van der Waals surface area contributed by atoms with Crippen LogP contribution in [0.1, 0.15) is 6.92 Å². The van der Waals surface area contributed by atoms with E-state index in [0.717, 1.165) is 0 Å². The molecule has 0 fully saturated rings. The van der Waals surface area contributed by atoms with Crippen molar-refractivity contribution in [1.82, 2.24) is 4.90 Å². The average molecular weight is 133 g/mol. The first-order valence-corrected chi connectivity index (χ1v) is 2.64. The summed E-state index contributed by atoms with van der Waals surface area (Å²) in [6, 6.07) is 0. The number of rotatable bonds is 0. The highest BCUT2D eigenvalue weighted by Crippen LogP contribution is 1.69. The molecule has 0 aliphatic heterocycles. The fraction of sp³-hybridized carbons (Fsp3) is 0.833. The van der Waals surface area contributed by atoms with Gasteiger partial charge in [0.1, 0.15) is 0 Å². The number of nitrogens with zero attached hydrogens (tertiary/aromatic N) is 1. The summed E-state index contributed by atoms with van der Waals surface area (Å²) in [6.07, 6.45) is 0. The van der Waals surface area contributed by atoms with Crippen molar-refractivity contribution >= 4 is 5.91 Å². The average Bonchev–Trinajstić information content (AvgIpc) is 1.68. The molecule has 3 nitrogen and oxygen atoms in total. The normalized spacial score (nSPS) is 7.22. The molecule has 0 bridgehead atoms. The molecule has 9 heavy (non-hydrogen) atoms. The first-order chi connectivity index (χ1) is 4.06. The number of carbonyl (C=O) groups is 1. The molecule has 0 aromatic carbocycles. The minimum absolute atomic E-state index is 0.0926. The standard InChI is InChI=1S/C4H9NO.C2H6O/c1-4(6)5(2)3;1-3-2/h1-3H3;1-2H3. The summed E-state index contributed by atoms with van der Waals surface area (Å²) in [6.45, 7) is 1.53. The van der Waals surface area contributed by atoms with Crippen molar-refractivity contribution in [3.05, 3.63) is 0 Å². The molecule has 3 heteroatoms. The second-order valence-corrected chi connectivity index (χ2v) is 1.82. The molecular weight excluding hydrogens is 118 g/mol. The lowest BCUT2D eigenvalue weighted by Gasteiger charge is -2.02. The van der Waals surface area contributed by atoms with Crippen molar-refractivity contribution in [1.29, 1.82) is 0 Å². The molecule has 0 heterocycles. The van der Waals surface area contributed by atoms with E-state index in [1.54, 1.807) is 28.3 Å². The Morgan fingerprint density at radius 2 is 1.44 bits per heavy atom. The van der Waals surface area contributed by atoms with Crippen LogP contribution in [0, 0.1) is 0 Å². The first kappa shape index (κ1) is 11.3. The molecule has 0 unspecified atom stereocenters. The van der Waals surface area contributed by atoms with E-state index >= 15 is 0 Å². The van der Waals surface area contributed by atoms with E-state index in [2.05, 4.69) is 4.74 Å². The molecule has 0 atom stereocenters. The van der Waals surface area contributed by atoms with Crippen molar-refractivity contribution in [2.75, 3.05) is 28.3 Å². The lowest BCUT2D eigenvalue weighted by atomic mass is 10.7. The summed E-state index contributed by atoms with van der Waals surface area (Å²) >= 11 is 0. The van der Waals surface area contributed by atoms with Gasteiger partial charge < -0.3 is 9.64 Å². The van der Waals surface area contributed by atoms with E-state index in [0.29, 0.717) is 0 Å². The number of hydrogen-bond donors (Lipinski definition) is 0. The molecule has 0 rings (SSSR count). The summed E-state index contributed by atoms with van der Waals surface area (Å²) in [5, 5.41) is 0. The van der Waals surface area contributed by atoms with Gasteiger partial charge in [-0.25, -0.2) is 0 Å². The molecule has 0 N–H and O–H groups in total. The molecule has 0 radical (unpaired) electrons. The number of ether oxygens (including phenoxy) is 1. The van der Waals surface area contributed by atoms with Gasteiger partial charge in [0.25, 0.3) is 0 Å².